The van der Waals surface area contributed by atoms with Crippen molar-refractivity contribution >= 4 is 61.9 Å². The molecule has 2 saturated carbocycles. The number of piperazine rings is 3. The lowest BCUT2D eigenvalue weighted by molar-refractivity contribution is -0.384. The summed E-state index contributed by atoms with van der Waals surface area (Å²) in [6.07, 6.45) is 12.6. The molecule has 3 saturated heterocycles. The Kier molecular flexibility index (Phi) is 27.3. The largest absolute Gasteiger partial charge is 0.508 e. The molecule has 106 heavy (non-hydrogen) atoms. The Balaban J connectivity index is 0.000000149. The molecule has 0 amide bonds. The van der Waals surface area contributed by atoms with Gasteiger partial charge in [0.2, 0.25) is 0 Å². The number of non-ortho nitro benzene ring substituents is 1. The Morgan fingerprint density at radius 1 is 0.387 bits per heavy atom. The van der Waals surface area contributed by atoms with Gasteiger partial charge in [-0.3, -0.25) is 24.8 Å². The number of nitro groups is 1. The summed E-state index contributed by atoms with van der Waals surface area (Å²) >= 11 is 0. The molecule has 14 nitrogen and oxygen atoms in total. The normalized spacial score (nSPS) is 16.8. The molecule has 0 atom stereocenters. The van der Waals surface area contributed by atoms with Crippen LogP contribution in [0.1, 0.15) is 141 Å². The minimum absolute atomic E-state index is 0.0791. The summed E-state index contributed by atoms with van der Waals surface area (Å²) in [5.74, 6) is 0.266. The molecule has 552 valence electrons. The molecule has 0 aromatic heterocycles. The van der Waals surface area contributed by atoms with Gasteiger partial charge in [-0.25, -0.2) is 0 Å². The van der Waals surface area contributed by atoms with E-state index in [1.54, 1.807) is 24.3 Å². The smallest absolute Gasteiger partial charge is 0.269 e. The van der Waals surface area contributed by atoms with E-state index in [9.17, 15) is 30.5 Å². The minimum atomic E-state index is -0.366. The first-order valence-corrected chi connectivity index (χ1v) is 38.8. The summed E-state index contributed by atoms with van der Waals surface area (Å²) < 4.78 is 0. The highest BCUT2D eigenvalue weighted by Crippen LogP contribution is 2.41. The van der Waals surface area contributed by atoms with Gasteiger partial charge in [-0.05, 0) is 234 Å². The third-order valence-corrected chi connectivity index (χ3v) is 21.9. The lowest BCUT2D eigenvalue weighted by Crippen LogP contribution is -2.49. The second-order valence-corrected chi connectivity index (χ2v) is 29.1. The van der Waals surface area contributed by atoms with E-state index >= 15 is 0 Å². The average molecular weight is 1420 g/mol. The van der Waals surface area contributed by atoms with Crippen LogP contribution < -0.4 is 20.4 Å². The van der Waals surface area contributed by atoms with E-state index in [4.69, 9.17) is 5.73 Å². The molecule has 3 heterocycles. The summed E-state index contributed by atoms with van der Waals surface area (Å²) in [6.45, 7) is 18.1. The third kappa shape index (κ3) is 20.1. The van der Waals surface area contributed by atoms with Crippen LogP contribution in [0, 0.1) is 10.1 Å². The van der Waals surface area contributed by atoms with Crippen LogP contribution in [0.25, 0.3) is 33.4 Å². The monoisotopic (exact) mass is 1420 g/mol. The number of nitrogens with two attached hydrogens (primary N) is 1. The highest BCUT2D eigenvalue weighted by molar-refractivity contribution is 6.01. The van der Waals surface area contributed by atoms with E-state index in [2.05, 4.69) is 189 Å². The first-order valence-electron chi connectivity index (χ1n) is 38.8. The van der Waals surface area contributed by atoms with Crippen LogP contribution in [0.2, 0.25) is 0 Å². The van der Waals surface area contributed by atoms with Gasteiger partial charge in [-0.1, -0.05) is 165 Å². The molecule has 3 aliphatic heterocycles. The summed E-state index contributed by atoms with van der Waals surface area (Å²) in [7, 11) is 0. The molecule has 5 aliphatic rings. The number of benzene rings is 9. The number of aliphatic hydroxyl groups excluding tert-OH is 3. The number of aromatic hydroxyl groups is 1. The van der Waals surface area contributed by atoms with Crippen molar-refractivity contribution in [2.24, 2.45) is 0 Å². The highest BCUT2D eigenvalue weighted by Gasteiger charge is 2.32. The third-order valence-electron chi connectivity index (χ3n) is 21.9. The van der Waals surface area contributed by atoms with Gasteiger partial charge in [0.25, 0.3) is 5.69 Å². The predicted molar refractivity (Wildman–Crippen MR) is 439 cm³/mol. The quantitative estimate of drug-likeness (QED) is 0.0159. The number of hydrogen-bond donors (Lipinski definition) is 5. The van der Waals surface area contributed by atoms with Gasteiger partial charge in [0.1, 0.15) is 5.75 Å². The molecule has 5 fully saturated rings. The lowest BCUT2D eigenvalue weighted by Gasteiger charge is -2.39. The molecular formula is C92H108N8O6. The molecule has 14 rings (SSSR count). The summed E-state index contributed by atoms with van der Waals surface area (Å²) in [5.41, 5.74) is 27.7. The molecule has 0 spiro atoms. The van der Waals surface area contributed by atoms with Crippen molar-refractivity contribution < 1.29 is 25.3 Å². The number of nitro benzene ring substituents is 1. The van der Waals surface area contributed by atoms with Crippen LogP contribution in [-0.2, 0) is 0 Å². The first-order chi connectivity index (χ1) is 51.9. The van der Waals surface area contributed by atoms with Crippen molar-refractivity contribution in [3.8, 4) is 5.75 Å². The van der Waals surface area contributed by atoms with Gasteiger partial charge < -0.3 is 40.9 Å². The van der Waals surface area contributed by atoms with Crippen molar-refractivity contribution in [3.05, 3.63) is 297 Å². The number of phenols is 1. The van der Waals surface area contributed by atoms with Gasteiger partial charge in [0, 0.05) is 151 Å². The predicted octanol–water partition coefficient (Wildman–Crippen LogP) is 17.3. The van der Waals surface area contributed by atoms with Gasteiger partial charge in [-0.2, -0.15) is 0 Å². The Hall–Kier alpha value is -9.64. The second kappa shape index (κ2) is 38.1. The molecule has 14 heteroatoms. The minimum Gasteiger partial charge on any atom is -0.508 e. The average Bonchev–Trinajstić information content (AvgIpc) is 1.03. The first kappa shape index (κ1) is 76.0. The second-order valence-electron chi connectivity index (χ2n) is 29.1. The zero-order valence-electron chi connectivity index (χ0n) is 62.2. The molecule has 0 radical (unpaired) electrons. The standard InChI is InChI=1S/C32H38N2O2.C30H33N3O3.C30H37N3O/c35-24-6-11-31(25-7-2-1-3-8-25)32(27-14-18-30(36)19-15-27)26-12-16-29(17-13-26)34-22-20-33(21-23-34)28-9-4-5-10-28;34-22-4-7-29(23-5-2-1-3-6-23)30(25-10-14-28(15-11-25)33(35)36)24-8-12-26(13-9-24)31-18-20-32(21-19-31)27-16-17-27;1-23(2)32-18-20-33(21-19-32)28-16-12-26(13-17-28)30(25-10-14-27(31)15-11-25)29(9-6-22-34)24-7-4-3-5-8-24/h1-3,7-8,12-19,28,35-36H,4-6,9-11,20-24H2;1-3,5-6,8-15,27,34H,4,7,16-22H2;3-5,7-8,10-17,23,34H,6,9,18-22,31H2,1-2H3/b32-31+;30-29+;30-29-. The van der Waals surface area contributed by atoms with Crippen LogP contribution in [-0.4, -0.2) is 157 Å². The number of rotatable bonds is 25. The fraction of sp³-hybridized carbons (Fsp3) is 0.348. The van der Waals surface area contributed by atoms with Crippen molar-refractivity contribution in [1.82, 2.24) is 14.7 Å². The van der Waals surface area contributed by atoms with Crippen LogP contribution in [0.5, 0.6) is 5.75 Å². The van der Waals surface area contributed by atoms with E-state index < -0.39 is 0 Å². The topological polar surface area (TPSA) is 170 Å². The molecule has 9 aromatic carbocycles. The maximum absolute atomic E-state index is 11.3. The number of aliphatic hydroxyl groups is 3. The Bertz CT molecular complexity index is 4270. The maximum Gasteiger partial charge on any atom is 0.269 e. The Labute approximate surface area is 628 Å². The molecule has 2 aliphatic carbocycles. The van der Waals surface area contributed by atoms with E-state index in [-0.39, 0.29) is 36.2 Å². The number of hydrogen-bond acceptors (Lipinski definition) is 13. The van der Waals surface area contributed by atoms with Crippen LogP contribution in [0.4, 0.5) is 28.4 Å². The molecule has 6 N–H and O–H groups in total. The Morgan fingerprint density at radius 3 is 0.981 bits per heavy atom. The van der Waals surface area contributed by atoms with E-state index in [1.807, 2.05) is 66.7 Å². The van der Waals surface area contributed by atoms with Gasteiger partial charge in [-0.15, -0.1) is 0 Å². The van der Waals surface area contributed by atoms with E-state index in [1.165, 1.54) is 89.0 Å². The van der Waals surface area contributed by atoms with Crippen molar-refractivity contribution in [3.63, 3.8) is 0 Å². The van der Waals surface area contributed by atoms with Gasteiger partial charge in [0.05, 0.1) is 4.92 Å². The van der Waals surface area contributed by atoms with Crippen LogP contribution in [0.3, 0.4) is 0 Å². The number of nitrogen functional groups attached to an aromatic ring is 1. The Morgan fingerprint density at radius 2 is 0.679 bits per heavy atom. The van der Waals surface area contributed by atoms with Gasteiger partial charge >= 0.3 is 0 Å². The molecule has 0 unspecified atom stereocenters. The molecular weight excluding hydrogens is 1310 g/mol. The SMILES string of the molecule is CC(C)N1CCN(c2ccc(/C(=C(/CCCO)c3ccccc3)c3ccc(N)cc3)cc2)CC1.O=[N+]([O-])c1ccc(/C(=C(\CCCO)c2ccccc2)c2ccc(N3CCN(C4CC4)CC3)cc2)cc1.OCCC/C(=C(\c1ccc(O)cc1)c1ccc(N2CCN(C3CCCC3)CC2)cc1)c1ccccc1. The zero-order chi connectivity index (χ0) is 73.6. The fourth-order valence-corrected chi connectivity index (χ4v) is 15.9. The summed E-state index contributed by atoms with van der Waals surface area (Å²) in [4.78, 5) is 26.2. The van der Waals surface area contributed by atoms with Crippen molar-refractivity contribution in [2.45, 2.75) is 109 Å². The number of allylic oxidation sites excluding steroid dienone is 3. The van der Waals surface area contributed by atoms with E-state index in [0.717, 1.165) is 166 Å². The highest BCUT2D eigenvalue weighted by atomic mass is 16.6. The zero-order valence-corrected chi connectivity index (χ0v) is 62.2. The number of anilines is 4. The van der Waals surface area contributed by atoms with Crippen LogP contribution in [0.15, 0.2) is 237 Å². The number of phenolic OH excluding ortho intramolecular Hbond substituents is 1. The lowest BCUT2D eigenvalue weighted by atomic mass is 9.87. The summed E-state index contributed by atoms with van der Waals surface area (Å²) in [6, 6.07) is 82.6. The van der Waals surface area contributed by atoms with Crippen LogP contribution >= 0.6 is 0 Å². The van der Waals surface area contributed by atoms with E-state index in [0.29, 0.717) is 25.3 Å². The molecule has 0 bridgehead atoms. The molecule has 9 aromatic rings. The summed E-state index contributed by atoms with van der Waals surface area (Å²) in [5, 5.41) is 50.0. The fourth-order valence-electron chi connectivity index (χ4n) is 15.9. The number of nitrogens with zero attached hydrogens (tertiary/aromatic N) is 7. The van der Waals surface area contributed by atoms with Crippen molar-refractivity contribution in [2.75, 3.05) is 119 Å². The maximum atomic E-state index is 11.3. The van der Waals surface area contributed by atoms with Gasteiger partial charge in [0.15, 0.2) is 0 Å². The van der Waals surface area contributed by atoms with Crippen molar-refractivity contribution in [1.29, 1.82) is 0 Å².